The van der Waals surface area contributed by atoms with Gasteiger partial charge in [-0.15, -0.1) is 0 Å². The van der Waals surface area contributed by atoms with Crippen LogP contribution in [0.25, 0.3) is 22.1 Å². The molecule has 4 nitrogen and oxygen atoms in total. The van der Waals surface area contributed by atoms with Gasteiger partial charge in [0.15, 0.2) is 0 Å². The van der Waals surface area contributed by atoms with Gasteiger partial charge in [0, 0.05) is 17.6 Å². The Morgan fingerprint density at radius 3 is 2.59 bits per heavy atom. The Morgan fingerprint density at radius 2 is 1.89 bits per heavy atom. The van der Waals surface area contributed by atoms with E-state index in [9.17, 15) is 4.79 Å². The van der Waals surface area contributed by atoms with Gasteiger partial charge >= 0.3 is 0 Å². The number of hydrogen-bond donors (Lipinski definition) is 0. The molecule has 0 radical (unpaired) electrons. The maximum Gasteiger partial charge on any atom is 0.200 e. The summed E-state index contributed by atoms with van der Waals surface area (Å²) in [6.45, 7) is 8.46. The molecule has 0 N–H and O–H groups in total. The topological polar surface area (TPSA) is 42.7 Å². The van der Waals surface area contributed by atoms with E-state index >= 15 is 0 Å². The minimum atomic E-state index is -0.000134. The number of aryl methyl sites for hydroxylation is 1. The molecular formula is C22H22BrNO3. The highest BCUT2D eigenvalue weighted by atomic mass is 79.9. The average molecular weight is 428 g/mol. The molecule has 0 spiro atoms. The number of nitrogens with zero attached hydrogens (tertiary/aromatic N) is 1. The van der Waals surface area contributed by atoms with Crippen LogP contribution in [0, 0.1) is 12.8 Å². The van der Waals surface area contributed by atoms with Crippen molar-refractivity contribution >= 4 is 26.9 Å². The summed E-state index contributed by atoms with van der Waals surface area (Å²) in [5.41, 5.74) is 3.08. The number of fused-ring (bicyclic) bond motifs is 3. The van der Waals surface area contributed by atoms with Crippen LogP contribution in [0.4, 0.5) is 0 Å². The second-order valence-electron chi connectivity index (χ2n) is 7.47. The molecule has 0 aliphatic carbocycles. The number of halogens is 1. The molecule has 27 heavy (non-hydrogen) atoms. The minimum Gasteiger partial charge on any atom is -0.478 e. The smallest absolute Gasteiger partial charge is 0.200 e. The molecule has 1 aliphatic heterocycles. The number of hydrogen-bond acceptors (Lipinski definition) is 4. The molecule has 0 amide bonds. The molecule has 0 bridgehead atoms. The van der Waals surface area contributed by atoms with Crippen molar-refractivity contribution in [1.82, 2.24) is 4.90 Å². The molecule has 0 saturated heterocycles. The van der Waals surface area contributed by atoms with E-state index in [1.807, 2.05) is 43.3 Å². The predicted molar refractivity (Wildman–Crippen MR) is 111 cm³/mol. The van der Waals surface area contributed by atoms with Crippen LogP contribution in [0.1, 0.15) is 25.2 Å². The molecule has 140 valence electrons. The van der Waals surface area contributed by atoms with Gasteiger partial charge in [0.25, 0.3) is 0 Å². The molecule has 0 fully saturated rings. The molecule has 0 saturated carbocycles. The lowest BCUT2D eigenvalue weighted by Gasteiger charge is -2.30. The first kappa shape index (κ1) is 18.3. The highest BCUT2D eigenvalue weighted by molar-refractivity contribution is 9.10. The Hall–Kier alpha value is -2.11. The van der Waals surface area contributed by atoms with E-state index in [1.165, 1.54) is 0 Å². The normalized spacial score (nSPS) is 14.4. The fourth-order valence-electron chi connectivity index (χ4n) is 3.70. The van der Waals surface area contributed by atoms with Crippen LogP contribution in [-0.4, -0.2) is 18.2 Å². The van der Waals surface area contributed by atoms with E-state index in [1.54, 1.807) is 0 Å². The van der Waals surface area contributed by atoms with E-state index in [0.29, 0.717) is 34.9 Å². The summed E-state index contributed by atoms with van der Waals surface area (Å²) < 4.78 is 13.1. The van der Waals surface area contributed by atoms with Crippen molar-refractivity contribution in [3.05, 3.63) is 62.4 Å². The summed E-state index contributed by atoms with van der Waals surface area (Å²) in [6, 6.07) is 11.4. The fraction of sp³-hybridized carbons (Fsp3) is 0.318. The van der Waals surface area contributed by atoms with Crippen molar-refractivity contribution in [2.24, 2.45) is 5.92 Å². The van der Waals surface area contributed by atoms with Gasteiger partial charge in [0.05, 0.1) is 16.5 Å². The van der Waals surface area contributed by atoms with Crippen molar-refractivity contribution in [1.29, 1.82) is 0 Å². The Morgan fingerprint density at radius 1 is 1.15 bits per heavy atom. The first-order chi connectivity index (χ1) is 12.9. The van der Waals surface area contributed by atoms with Crippen LogP contribution in [0.3, 0.4) is 0 Å². The fourth-order valence-corrected chi connectivity index (χ4v) is 3.97. The van der Waals surface area contributed by atoms with Gasteiger partial charge in [-0.1, -0.05) is 41.9 Å². The number of ether oxygens (including phenoxy) is 1. The van der Waals surface area contributed by atoms with Crippen LogP contribution in [0.15, 0.2) is 50.1 Å². The molecule has 2 heterocycles. The van der Waals surface area contributed by atoms with Crippen molar-refractivity contribution in [3.63, 3.8) is 0 Å². The highest BCUT2D eigenvalue weighted by Crippen LogP contribution is 2.34. The van der Waals surface area contributed by atoms with E-state index in [0.717, 1.165) is 34.4 Å². The molecular weight excluding hydrogens is 406 g/mol. The van der Waals surface area contributed by atoms with Crippen molar-refractivity contribution in [2.45, 2.75) is 27.3 Å². The van der Waals surface area contributed by atoms with E-state index in [-0.39, 0.29) is 5.43 Å². The summed E-state index contributed by atoms with van der Waals surface area (Å²) in [7, 11) is 0. The lowest BCUT2D eigenvalue weighted by atomic mass is 10.0. The van der Waals surface area contributed by atoms with Gasteiger partial charge in [-0.2, -0.15) is 0 Å². The highest BCUT2D eigenvalue weighted by Gasteiger charge is 2.24. The molecule has 4 rings (SSSR count). The van der Waals surface area contributed by atoms with E-state index < -0.39 is 0 Å². The van der Waals surface area contributed by atoms with Crippen LogP contribution in [-0.2, 0) is 6.54 Å². The zero-order valence-corrected chi connectivity index (χ0v) is 17.3. The Bertz CT molecular complexity index is 1050. The maximum atomic E-state index is 13.3. The first-order valence-electron chi connectivity index (χ1n) is 9.14. The van der Waals surface area contributed by atoms with Gasteiger partial charge in [-0.05, 0) is 42.7 Å². The summed E-state index contributed by atoms with van der Waals surface area (Å²) in [5, 5.41) is 0.604. The number of rotatable bonds is 3. The summed E-state index contributed by atoms with van der Waals surface area (Å²) in [6.07, 6.45) is 0. The second-order valence-corrected chi connectivity index (χ2v) is 8.38. The van der Waals surface area contributed by atoms with Crippen LogP contribution in [0.2, 0.25) is 0 Å². The molecule has 3 aromatic rings. The van der Waals surface area contributed by atoms with Crippen molar-refractivity contribution < 1.29 is 9.15 Å². The van der Waals surface area contributed by atoms with Crippen LogP contribution >= 0.6 is 15.9 Å². The number of benzene rings is 2. The zero-order chi connectivity index (χ0) is 19.1. The zero-order valence-electron chi connectivity index (χ0n) is 15.7. The molecule has 2 aromatic carbocycles. The van der Waals surface area contributed by atoms with Gasteiger partial charge < -0.3 is 9.15 Å². The monoisotopic (exact) mass is 427 g/mol. The van der Waals surface area contributed by atoms with Gasteiger partial charge in [0.1, 0.15) is 23.8 Å². The average Bonchev–Trinajstić information content (AvgIpc) is 2.63. The summed E-state index contributed by atoms with van der Waals surface area (Å²) in [5.74, 6) is 1.98. The molecule has 1 aromatic heterocycles. The Kier molecular flexibility index (Phi) is 4.82. The second kappa shape index (κ2) is 7.13. The largest absolute Gasteiger partial charge is 0.478 e. The lowest BCUT2D eigenvalue weighted by Crippen LogP contribution is -2.34. The minimum absolute atomic E-state index is 0.000134. The first-order valence-corrected chi connectivity index (χ1v) is 9.93. The molecule has 1 aliphatic rings. The summed E-state index contributed by atoms with van der Waals surface area (Å²) in [4.78, 5) is 15.5. The van der Waals surface area contributed by atoms with Crippen LogP contribution in [0.5, 0.6) is 5.75 Å². The summed E-state index contributed by atoms with van der Waals surface area (Å²) >= 11 is 3.44. The third-order valence-corrected chi connectivity index (χ3v) is 5.37. The van der Waals surface area contributed by atoms with Crippen molar-refractivity contribution in [3.8, 4) is 16.9 Å². The standard InChI is InChI=1S/C22H22BrNO3/c1-13(2)10-24-11-18-19(26-12-24)9-8-17-21(25)20(14(3)27-22(17)18)15-4-6-16(23)7-5-15/h4-9,13H,10-12H2,1-3H3. The molecule has 0 atom stereocenters. The predicted octanol–water partition coefficient (Wildman–Crippen LogP) is 5.34. The third kappa shape index (κ3) is 3.42. The van der Waals surface area contributed by atoms with E-state index in [2.05, 4.69) is 34.7 Å². The van der Waals surface area contributed by atoms with Crippen LogP contribution < -0.4 is 10.2 Å². The van der Waals surface area contributed by atoms with Gasteiger partial charge in [-0.25, -0.2) is 0 Å². The Balaban J connectivity index is 1.86. The Labute approximate surface area is 166 Å². The van der Waals surface area contributed by atoms with Gasteiger partial charge in [0.2, 0.25) is 5.43 Å². The quantitative estimate of drug-likeness (QED) is 0.565. The van der Waals surface area contributed by atoms with E-state index in [4.69, 9.17) is 9.15 Å². The molecule has 5 heteroatoms. The van der Waals surface area contributed by atoms with Crippen molar-refractivity contribution in [2.75, 3.05) is 13.3 Å². The third-order valence-electron chi connectivity index (χ3n) is 4.84. The maximum absolute atomic E-state index is 13.3. The van der Waals surface area contributed by atoms with Gasteiger partial charge in [-0.3, -0.25) is 9.69 Å². The molecule has 0 unspecified atom stereocenters. The lowest BCUT2D eigenvalue weighted by molar-refractivity contribution is 0.0848. The SMILES string of the molecule is Cc1oc2c3c(ccc2c(=O)c1-c1ccc(Br)cc1)OCN(CC(C)C)C3.